The highest BCUT2D eigenvalue weighted by molar-refractivity contribution is 5.94. The summed E-state index contributed by atoms with van der Waals surface area (Å²) >= 11 is 0. The molecule has 1 aliphatic carbocycles. The zero-order valence-electron chi connectivity index (χ0n) is 18.7. The number of amidine groups is 1. The van der Waals surface area contributed by atoms with Crippen molar-refractivity contribution in [2.24, 2.45) is 5.73 Å². The lowest BCUT2D eigenvalue weighted by Gasteiger charge is -2.27. The van der Waals surface area contributed by atoms with Gasteiger partial charge in [-0.15, -0.1) is 0 Å². The van der Waals surface area contributed by atoms with Gasteiger partial charge in [0.05, 0.1) is 11.9 Å². The van der Waals surface area contributed by atoms with Gasteiger partial charge in [0, 0.05) is 35.1 Å². The summed E-state index contributed by atoms with van der Waals surface area (Å²) in [6.07, 6.45) is 4.64. The highest BCUT2D eigenvalue weighted by Gasteiger charge is 2.21. The Bertz CT molecular complexity index is 1260. The van der Waals surface area contributed by atoms with E-state index in [-0.39, 0.29) is 42.3 Å². The highest BCUT2D eigenvalue weighted by atomic mass is 16.2. The van der Waals surface area contributed by atoms with E-state index in [2.05, 4.69) is 15.6 Å². The van der Waals surface area contributed by atoms with Gasteiger partial charge in [0.25, 0.3) is 5.56 Å². The van der Waals surface area contributed by atoms with Crippen LogP contribution in [0.2, 0.25) is 0 Å². The summed E-state index contributed by atoms with van der Waals surface area (Å²) in [5, 5.41) is 13.5. The van der Waals surface area contributed by atoms with Crippen LogP contribution in [-0.2, 0) is 17.9 Å². The Balaban J connectivity index is 1.58. The number of anilines is 3. The predicted molar refractivity (Wildman–Crippen MR) is 133 cm³/mol. The van der Waals surface area contributed by atoms with E-state index in [0.29, 0.717) is 28.2 Å². The number of hydrogen-bond donors (Lipinski definition) is 6. The fraction of sp³-hybridized carbons (Fsp3) is 0.250. The average molecular weight is 461 g/mol. The molecule has 0 spiro atoms. The van der Waals surface area contributed by atoms with E-state index in [0.717, 1.165) is 24.8 Å². The van der Waals surface area contributed by atoms with Gasteiger partial charge in [0.15, 0.2) is 5.82 Å². The maximum atomic E-state index is 13.3. The molecule has 34 heavy (non-hydrogen) atoms. The van der Waals surface area contributed by atoms with Crippen LogP contribution >= 0.6 is 0 Å². The standard InChI is InChI=1S/C24H28N8O2/c25-17-8-16(9-18(26)10-17)20-12-30-23(31-19-2-1-3-19)24(34)32(20)13-21(33)29-11-14-4-6-15(7-5-14)22(27)28/h4-10,12,19H,1-3,11,13,25-26H2,(H3,27,28)(H,29,33)(H,30,31). The van der Waals surface area contributed by atoms with Crippen molar-refractivity contribution in [1.82, 2.24) is 14.9 Å². The van der Waals surface area contributed by atoms with Crippen molar-refractivity contribution in [3.8, 4) is 11.3 Å². The molecule has 9 N–H and O–H groups in total. The molecule has 176 valence electrons. The van der Waals surface area contributed by atoms with E-state index < -0.39 is 0 Å². The SMILES string of the molecule is N=C(N)c1ccc(CNC(=O)Cn2c(-c3cc(N)cc(N)c3)cnc(NC3CCC3)c2=O)cc1. The first-order chi connectivity index (χ1) is 16.3. The van der Waals surface area contributed by atoms with E-state index >= 15 is 0 Å². The molecule has 0 radical (unpaired) electrons. The fourth-order valence-corrected chi connectivity index (χ4v) is 3.75. The Morgan fingerprint density at radius 3 is 2.38 bits per heavy atom. The Morgan fingerprint density at radius 1 is 1.12 bits per heavy atom. The van der Waals surface area contributed by atoms with Crippen LogP contribution in [-0.4, -0.2) is 27.3 Å². The van der Waals surface area contributed by atoms with E-state index in [1.165, 1.54) is 4.57 Å². The fourth-order valence-electron chi connectivity index (χ4n) is 3.75. The number of carbonyl (C=O) groups excluding carboxylic acids is 1. The molecular formula is C24H28N8O2. The van der Waals surface area contributed by atoms with E-state index in [1.807, 2.05) is 0 Å². The monoisotopic (exact) mass is 460 g/mol. The number of benzene rings is 2. The first kappa shape index (κ1) is 22.8. The van der Waals surface area contributed by atoms with Gasteiger partial charge in [0.2, 0.25) is 5.91 Å². The summed E-state index contributed by atoms with van der Waals surface area (Å²) in [6.45, 7) is 0.0703. The van der Waals surface area contributed by atoms with Gasteiger partial charge >= 0.3 is 0 Å². The lowest BCUT2D eigenvalue weighted by atomic mass is 9.93. The molecule has 10 nitrogen and oxygen atoms in total. The molecule has 0 atom stereocenters. The topological polar surface area (TPSA) is 178 Å². The van der Waals surface area contributed by atoms with Gasteiger partial charge in [0.1, 0.15) is 12.4 Å². The van der Waals surface area contributed by atoms with Gasteiger partial charge in [-0.25, -0.2) is 4.98 Å². The van der Waals surface area contributed by atoms with Crippen molar-refractivity contribution >= 4 is 28.9 Å². The third-order valence-electron chi connectivity index (χ3n) is 5.83. The molecule has 4 rings (SSSR count). The quantitative estimate of drug-likeness (QED) is 0.168. The van der Waals surface area contributed by atoms with Gasteiger partial charge in [-0.05, 0) is 43.0 Å². The molecule has 1 aliphatic rings. The van der Waals surface area contributed by atoms with E-state index in [9.17, 15) is 9.59 Å². The normalized spacial score (nSPS) is 13.2. The molecular weight excluding hydrogens is 432 g/mol. The van der Waals surface area contributed by atoms with Crippen LogP contribution in [0.5, 0.6) is 0 Å². The second-order valence-corrected chi connectivity index (χ2v) is 8.43. The number of nitrogens with zero attached hydrogens (tertiary/aromatic N) is 2. The molecule has 0 aliphatic heterocycles. The summed E-state index contributed by atoms with van der Waals surface area (Å²) in [7, 11) is 0. The van der Waals surface area contributed by atoms with Crippen molar-refractivity contribution in [2.75, 3.05) is 16.8 Å². The van der Waals surface area contributed by atoms with Crippen LogP contribution in [0.15, 0.2) is 53.5 Å². The molecule has 0 unspecified atom stereocenters. The molecule has 3 aromatic rings. The molecule has 1 aromatic heterocycles. The number of carbonyl (C=O) groups is 1. The summed E-state index contributed by atoms with van der Waals surface area (Å²) < 4.78 is 1.39. The minimum absolute atomic E-state index is 0.0197. The van der Waals surface area contributed by atoms with Gasteiger partial charge < -0.3 is 27.8 Å². The Labute approximate surface area is 196 Å². The first-order valence-electron chi connectivity index (χ1n) is 11.0. The van der Waals surface area contributed by atoms with Crippen molar-refractivity contribution in [3.63, 3.8) is 0 Å². The summed E-state index contributed by atoms with van der Waals surface area (Å²) in [6, 6.07) is 12.2. The zero-order chi connectivity index (χ0) is 24.2. The Hall–Kier alpha value is -4.34. The van der Waals surface area contributed by atoms with Gasteiger partial charge in [-0.1, -0.05) is 24.3 Å². The predicted octanol–water partition coefficient (Wildman–Crippen LogP) is 1.64. The van der Waals surface area contributed by atoms with Crippen LogP contribution in [0.4, 0.5) is 17.2 Å². The van der Waals surface area contributed by atoms with Crippen molar-refractivity contribution in [2.45, 2.75) is 38.4 Å². The molecule has 1 heterocycles. The second-order valence-electron chi connectivity index (χ2n) is 8.43. The molecule has 1 fully saturated rings. The van der Waals surface area contributed by atoms with Crippen LogP contribution in [0.25, 0.3) is 11.3 Å². The minimum atomic E-state index is -0.383. The number of nitrogens with two attached hydrogens (primary N) is 3. The van der Waals surface area contributed by atoms with Gasteiger partial charge in [-0.2, -0.15) is 0 Å². The van der Waals surface area contributed by atoms with Crippen molar-refractivity contribution < 1.29 is 4.79 Å². The lowest BCUT2D eigenvalue weighted by Crippen LogP contribution is -2.36. The third-order valence-corrected chi connectivity index (χ3v) is 5.83. The summed E-state index contributed by atoms with van der Waals surface area (Å²) in [5.74, 6) is -0.136. The van der Waals surface area contributed by atoms with Crippen LogP contribution in [0.1, 0.15) is 30.4 Å². The first-order valence-corrected chi connectivity index (χ1v) is 11.0. The van der Waals surface area contributed by atoms with Crippen LogP contribution < -0.4 is 33.4 Å². The molecule has 1 amide bonds. The maximum absolute atomic E-state index is 13.3. The van der Waals surface area contributed by atoms with E-state index in [1.54, 1.807) is 48.7 Å². The smallest absolute Gasteiger partial charge is 0.294 e. The summed E-state index contributed by atoms with van der Waals surface area (Å²) in [4.78, 5) is 30.4. The molecule has 0 saturated heterocycles. The maximum Gasteiger partial charge on any atom is 0.294 e. The molecule has 1 saturated carbocycles. The molecule has 2 aromatic carbocycles. The lowest BCUT2D eigenvalue weighted by molar-refractivity contribution is -0.121. The third kappa shape index (κ3) is 5.17. The molecule has 0 bridgehead atoms. The highest BCUT2D eigenvalue weighted by Crippen LogP contribution is 2.25. The number of nitrogen functional groups attached to an aromatic ring is 3. The average Bonchev–Trinajstić information content (AvgIpc) is 2.76. The van der Waals surface area contributed by atoms with E-state index in [4.69, 9.17) is 22.6 Å². The van der Waals surface area contributed by atoms with Crippen molar-refractivity contribution in [3.05, 3.63) is 70.1 Å². The second kappa shape index (κ2) is 9.65. The zero-order valence-corrected chi connectivity index (χ0v) is 18.7. The van der Waals surface area contributed by atoms with Crippen LogP contribution in [0, 0.1) is 5.41 Å². The number of amides is 1. The number of rotatable bonds is 8. The number of aromatic nitrogens is 2. The Kier molecular flexibility index (Phi) is 6.48. The van der Waals surface area contributed by atoms with Crippen molar-refractivity contribution in [1.29, 1.82) is 5.41 Å². The van der Waals surface area contributed by atoms with Crippen LogP contribution in [0.3, 0.4) is 0 Å². The minimum Gasteiger partial charge on any atom is -0.399 e. The van der Waals surface area contributed by atoms with Gasteiger partial charge in [-0.3, -0.25) is 19.6 Å². The Morgan fingerprint density at radius 2 is 1.79 bits per heavy atom. The largest absolute Gasteiger partial charge is 0.399 e. The molecule has 10 heteroatoms. The number of hydrogen-bond acceptors (Lipinski definition) is 7. The number of nitrogens with one attached hydrogen (secondary N) is 3. The summed E-state index contributed by atoms with van der Waals surface area (Å²) in [5.41, 5.74) is 20.4.